The predicted molar refractivity (Wildman–Crippen MR) is 89.1 cm³/mol. The first-order valence-electron chi connectivity index (χ1n) is 6.69. The van der Waals surface area contributed by atoms with E-state index >= 15 is 0 Å². The molecule has 1 heterocycles. The van der Waals surface area contributed by atoms with Crippen LogP contribution in [-0.4, -0.2) is 18.8 Å². The summed E-state index contributed by atoms with van der Waals surface area (Å²) < 4.78 is 10.5. The molecule has 0 saturated heterocycles. The minimum Gasteiger partial charge on any atom is -0.494 e. The van der Waals surface area contributed by atoms with Crippen LogP contribution in [0.25, 0.3) is 0 Å². The summed E-state index contributed by atoms with van der Waals surface area (Å²) in [6.45, 7) is 2.83. The van der Waals surface area contributed by atoms with Crippen molar-refractivity contribution in [2.75, 3.05) is 12.4 Å². The third-order valence-electron chi connectivity index (χ3n) is 3.27. The number of benzene rings is 1. The third kappa shape index (κ3) is 3.09. The molecule has 0 aliphatic carbocycles. The molecule has 1 N–H and O–H groups in total. The second-order valence-corrected chi connectivity index (χ2v) is 5.61. The molecule has 0 spiro atoms. The fraction of sp³-hybridized carbons (Fsp3) is 0.188. The predicted octanol–water partition coefficient (Wildman–Crippen LogP) is 4.23. The Morgan fingerprint density at radius 3 is 2.42 bits per heavy atom. The van der Waals surface area contributed by atoms with E-state index in [0.717, 1.165) is 0 Å². The van der Waals surface area contributed by atoms with Crippen LogP contribution in [0, 0.1) is 18.3 Å². The number of nitrogens with one attached hydrogen (secondary N) is 1. The number of furan rings is 1. The van der Waals surface area contributed by atoms with Gasteiger partial charge in [-0.05, 0) is 26.0 Å². The molecule has 0 aliphatic rings. The summed E-state index contributed by atoms with van der Waals surface area (Å²) in [6, 6.07) is 4.79. The van der Waals surface area contributed by atoms with Crippen LogP contribution < -0.4 is 10.1 Å². The Labute approximate surface area is 147 Å². The molecule has 6 nitrogen and oxygen atoms in total. The Balaban J connectivity index is 2.50. The zero-order valence-electron chi connectivity index (χ0n) is 13.0. The Morgan fingerprint density at radius 1 is 1.25 bits per heavy atom. The number of carbonyl (C=O) groups is 2. The molecule has 0 fully saturated rings. The van der Waals surface area contributed by atoms with Crippen LogP contribution in [0.1, 0.15) is 39.0 Å². The standard InChI is InChI=1S/C16H12Cl2N2O4/c1-7(21)12-8(2)24-16(9(12)6-19)20-15(22)13-10(17)4-5-11(18)14(13)23-3/h4-5H,1-3H3,(H,20,22). The molecular formula is C16H12Cl2N2O4. The monoisotopic (exact) mass is 366 g/mol. The van der Waals surface area contributed by atoms with Gasteiger partial charge in [-0.3, -0.25) is 14.9 Å². The summed E-state index contributed by atoms with van der Waals surface area (Å²) in [4.78, 5) is 24.2. The molecule has 24 heavy (non-hydrogen) atoms. The van der Waals surface area contributed by atoms with Gasteiger partial charge in [0.25, 0.3) is 5.91 Å². The Kier molecular flexibility index (Phi) is 5.17. The van der Waals surface area contributed by atoms with Gasteiger partial charge in [0.2, 0.25) is 5.88 Å². The number of rotatable bonds is 4. The van der Waals surface area contributed by atoms with Gasteiger partial charge < -0.3 is 9.15 Å². The number of amides is 1. The smallest absolute Gasteiger partial charge is 0.263 e. The van der Waals surface area contributed by atoms with Crippen LogP contribution >= 0.6 is 23.2 Å². The van der Waals surface area contributed by atoms with E-state index < -0.39 is 5.91 Å². The first-order valence-corrected chi connectivity index (χ1v) is 7.45. The minimum absolute atomic E-state index is 0.00557. The molecule has 1 aromatic carbocycles. The number of hydrogen-bond acceptors (Lipinski definition) is 5. The van der Waals surface area contributed by atoms with Crippen LogP contribution in [0.5, 0.6) is 5.75 Å². The molecule has 2 aromatic rings. The molecule has 0 bridgehead atoms. The number of methoxy groups -OCH3 is 1. The van der Waals surface area contributed by atoms with Crippen LogP contribution in [0.2, 0.25) is 10.0 Å². The van der Waals surface area contributed by atoms with E-state index in [0.29, 0.717) is 0 Å². The van der Waals surface area contributed by atoms with Gasteiger partial charge in [0, 0.05) is 0 Å². The summed E-state index contributed by atoms with van der Waals surface area (Å²) in [5.74, 6) is -0.830. The van der Waals surface area contributed by atoms with Gasteiger partial charge in [0.15, 0.2) is 11.5 Å². The van der Waals surface area contributed by atoms with E-state index in [1.807, 2.05) is 6.07 Å². The number of nitrogens with zero attached hydrogens (tertiary/aromatic N) is 1. The van der Waals surface area contributed by atoms with Gasteiger partial charge >= 0.3 is 0 Å². The average Bonchev–Trinajstić information content (AvgIpc) is 2.84. The second kappa shape index (κ2) is 6.95. The molecule has 0 unspecified atom stereocenters. The van der Waals surface area contributed by atoms with Crippen molar-refractivity contribution in [1.29, 1.82) is 5.26 Å². The summed E-state index contributed by atoms with van der Waals surface area (Å²) in [6.07, 6.45) is 0. The molecule has 0 radical (unpaired) electrons. The number of Topliss-reactive ketones (excluding diaryl/α,β-unsaturated/α-hetero) is 1. The van der Waals surface area contributed by atoms with Crippen LogP contribution in [0.3, 0.4) is 0 Å². The SMILES string of the molecule is COc1c(Cl)ccc(Cl)c1C(=O)Nc1oc(C)c(C(C)=O)c1C#N. The van der Waals surface area contributed by atoms with Crippen molar-refractivity contribution >= 4 is 40.8 Å². The highest BCUT2D eigenvalue weighted by molar-refractivity contribution is 6.37. The summed E-state index contributed by atoms with van der Waals surface area (Å²) in [7, 11) is 1.35. The van der Waals surface area contributed by atoms with Crippen molar-refractivity contribution in [1.82, 2.24) is 0 Å². The molecule has 124 valence electrons. The number of hydrogen-bond donors (Lipinski definition) is 1. The first kappa shape index (κ1) is 17.9. The average molecular weight is 367 g/mol. The van der Waals surface area contributed by atoms with Crippen molar-refractivity contribution < 1.29 is 18.7 Å². The largest absolute Gasteiger partial charge is 0.494 e. The number of aryl methyl sites for hydroxylation is 1. The Morgan fingerprint density at radius 2 is 1.88 bits per heavy atom. The van der Waals surface area contributed by atoms with Gasteiger partial charge in [-0.2, -0.15) is 5.26 Å². The third-order valence-corrected chi connectivity index (χ3v) is 3.88. The zero-order chi connectivity index (χ0) is 18.0. The summed E-state index contributed by atoms with van der Waals surface area (Å²) >= 11 is 12.0. The number of anilines is 1. The zero-order valence-corrected chi connectivity index (χ0v) is 14.5. The normalized spacial score (nSPS) is 10.2. The molecule has 8 heteroatoms. The van der Waals surface area contributed by atoms with Gasteiger partial charge in [-0.25, -0.2) is 0 Å². The van der Waals surface area contributed by atoms with Crippen LogP contribution in [0.15, 0.2) is 16.5 Å². The quantitative estimate of drug-likeness (QED) is 0.817. The van der Waals surface area contributed by atoms with Crippen molar-refractivity contribution in [2.24, 2.45) is 0 Å². The molecular weight excluding hydrogens is 355 g/mol. The fourth-order valence-electron chi connectivity index (χ4n) is 2.27. The number of carbonyl (C=O) groups excluding carboxylic acids is 2. The lowest BCUT2D eigenvalue weighted by Gasteiger charge is -2.11. The maximum Gasteiger partial charge on any atom is 0.263 e. The summed E-state index contributed by atoms with van der Waals surface area (Å²) in [5.41, 5.74) is 0.0661. The van der Waals surface area contributed by atoms with Crippen LogP contribution in [0.4, 0.5) is 5.88 Å². The van der Waals surface area contributed by atoms with Gasteiger partial charge in [-0.1, -0.05) is 23.2 Å². The van der Waals surface area contributed by atoms with E-state index in [9.17, 15) is 14.9 Å². The van der Waals surface area contributed by atoms with E-state index in [2.05, 4.69) is 5.32 Å². The maximum atomic E-state index is 12.5. The lowest BCUT2D eigenvalue weighted by Crippen LogP contribution is -2.14. The molecule has 0 atom stereocenters. The molecule has 0 saturated carbocycles. The van der Waals surface area contributed by atoms with Crippen molar-refractivity contribution in [3.8, 4) is 11.8 Å². The number of ketones is 1. The Hall–Kier alpha value is -2.49. The maximum absolute atomic E-state index is 12.5. The highest BCUT2D eigenvalue weighted by Crippen LogP contribution is 2.35. The molecule has 2 rings (SSSR count). The van der Waals surface area contributed by atoms with E-state index in [-0.39, 0.29) is 49.9 Å². The van der Waals surface area contributed by atoms with Crippen molar-refractivity contribution in [3.05, 3.63) is 44.6 Å². The molecule has 1 aromatic heterocycles. The number of ether oxygens (including phenoxy) is 1. The van der Waals surface area contributed by atoms with Gasteiger partial charge in [0.1, 0.15) is 23.0 Å². The lowest BCUT2D eigenvalue weighted by atomic mass is 10.1. The summed E-state index contributed by atoms with van der Waals surface area (Å²) in [5, 5.41) is 12.0. The first-order chi connectivity index (χ1) is 11.3. The van der Waals surface area contributed by atoms with E-state index in [4.69, 9.17) is 32.4 Å². The minimum atomic E-state index is -0.681. The molecule has 0 aliphatic heterocycles. The van der Waals surface area contributed by atoms with Crippen LogP contribution in [-0.2, 0) is 0 Å². The topological polar surface area (TPSA) is 92.3 Å². The Bertz CT molecular complexity index is 881. The highest BCUT2D eigenvalue weighted by atomic mass is 35.5. The number of nitriles is 1. The number of halogens is 2. The van der Waals surface area contributed by atoms with Crippen molar-refractivity contribution in [2.45, 2.75) is 13.8 Å². The lowest BCUT2D eigenvalue weighted by molar-refractivity contribution is 0.101. The molecule has 1 amide bonds. The van der Waals surface area contributed by atoms with E-state index in [1.54, 1.807) is 0 Å². The van der Waals surface area contributed by atoms with Crippen molar-refractivity contribution in [3.63, 3.8) is 0 Å². The van der Waals surface area contributed by atoms with Gasteiger partial charge in [-0.15, -0.1) is 0 Å². The fourth-order valence-corrected chi connectivity index (χ4v) is 2.74. The second-order valence-electron chi connectivity index (χ2n) is 4.80. The van der Waals surface area contributed by atoms with E-state index in [1.165, 1.54) is 33.1 Å². The highest BCUT2D eigenvalue weighted by Gasteiger charge is 2.25. The van der Waals surface area contributed by atoms with Gasteiger partial charge in [0.05, 0.1) is 22.7 Å².